The molecule has 1 aliphatic heterocycles. The van der Waals surface area contributed by atoms with Gasteiger partial charge in [-0.25, -0.2) is 9.78 Å². The molecule has 9 heteroatoms. The van der Waals surface area contributed by atoms with Gasteiger partial charge in [0.15, 0.2) is 0 Å². The SMILES string of the molecule is CCOC(=O)c1cn(Cc2ccc(OC)cc2OC)c2nc(N3CCC[C@@H]3CO)ccc2c1=O. The Balaban J connectivity index is 1.88. The number of rotatable bonds is 8. The number of methoxy groups -OCH3 is 2. The Bertz CT molecular complexity index is 1260. The highest BCUT2D eigenvalue weighted by molar-refractivity contribution is 5.93. The van der Waals surface area contributed by atoms with Crippen LogP contribution in [0.1, 0.15) is 35.7 Å². The zero-order valence-electron chi connectivity index (χ0n) is 19.6. The van der Waals surface area contributed by atoms with Gasteiger partial charge in [0.2, 0.25) is 5.43 Å². The third kappa shape index (κ3) is 4.43. The molecule has 1 fully saturated rings. The quantitative estimate of drug-likeness (QED) is 0.505. The number of carbonyl (C=O) groups is 1. The topological polar surface area (TPSA) is 103 Å². The summed E-state index contributed by atoms with van der Waals surface area (Å²) in [5.41, 5.74) is 0.790. The van der Waals surface area contributed by atoms with E-state index in [0.717, 1.165) is 24.9 Å². The second-order valence-corrected chi connectivity index (χ2v) is 8.11. The van der Waals surface area contributed by atoms with E-state index < -0.39 is 11.4 Å². The number of fused-ring (bicyclic) bond motifs is 1. The second kappa shape index (κ2) is 10.1. The van der Waals surface area contributed by atoms with Crippen LogP contribution in [-0.4, -0.2) is 60.6 Å². The van der Waals surface area contributed by atoms with Crippen LogP contribution in [-0.2, 0) is 11.3 Å². The van der Waals surface area contributed by atoms with Crippen LogP contribution < -0.4 is 19.8 Å². The number of esters is 1. The Morgan fingerprint density at radius 1 is 1.21 bits per heavy atom. The van der Waals surface area contributed by atoms with Gasteiger partial charge >= 0.3 is 5.97 Å². The molecule has 1 atom stereocenters. The highest BCUT2D eigenvalue weighted by atomic mass is 16.5. The lowest BCUT2D eigenvalue weighted by Gasteiger charge is -2.25. The number of nitrogens with zero attached hydrogens (tertiary/aromatic N) is 3. The van der Waals surface area contributed by atoms with Gasteiger partial charge in [0.1, 0.15) is 28.5 Å². The van der Waals surface area contributed by atoms with Gasteiger partial charge in [0, 0.05) is 24.4 Å². The summed E-state index contributed by atoms with van der Waals surface area (Å²) >= 11 is 0. The van der Waals surface area contributed by atoms with E-state index in [1.54, 1.807) is 43.9 Å². The number of hydrogen-bond acceptors (Lipinski definition) is 8. The molecule has 1 N–H and O–H groups in total. The number of aliphatic hydroxyl groups excluding tert-OH is 1. The lowest BCUT2D eigenvalue weighted by molar-refractivity contribution is 0.0524. The molecule has 0 radical (unpaired) electrons. The number of ether oxygens (including phenoxy) is 3. The van der Waals surface area contributed by atoms with Gasteiger partial charge in [0.05, 0.1) is 45.4 Å². The van der Waals surface area contributed by atoms with Gasteiger partial charge in [-0.15, -0.1) is 0 Å². The number of anilines is 1. The molecule has 2 aromatic heterocycles. The highest BCUT2D eigenvalue weighted by Crippen LogP contribution is 2.28. The molecule has 0 spiro atoms. The largest absolute Gasteiger partial charge is 0.497 e. The first-order chi connectivity index (χ1) is 16.5. The minimum Gasteiger partial charge on any atom is -0.497 e. The van der Waals surface area contributed by atoms with Gasteiger partial charge in [-0.1, -0.05) is 0 Å². The summed E-state index contributed by atoms with van der Waals surface area (Å²) in [5, 5.41) is 10.1. The number of aromatic nitrogens is 2. The van der Waals surface area contributed by atoms with Crippen molar-refractivity contribution in [3.8, 4) is 11.5 Å². The third-order valence-electron chi connectivity index (χ3n) is 6.12. The standard InChI is InChI=1S/C25H29N3O6/c1-4-34-25(31)20-14-27(13-16-7-8-18(32-2)12-21(16)33-3)24-19(23(20)30)9-10-22(26-24)28-11-5-6-17(28)15-29/h7-10,12,14,17,29H,4-6,11,13,15H2,1-3H3/t17-/m1/s1. The molecular weight excluding hydrogens is 438 g/mol. The molecule has 3 aromatic rings. The fourth-order valence-electron chi connectivity index (χ4n) is 4.38. The van der Waals surface area contributed by atoms with Crippen LogP contribution in [0.15, 0.2) is 41.3 Å². The molecule has 9 nitrogen and oxygen atoms in total. The van der Waals surface area contributed by atoms with Crippen molar-refractivity contribution >= 4 is 22.8 Å². The van der Waals surface area contributed by atoms with Crippen LogP contribution in [0, 0.1) is 0 Å². The van der Waals surface area contributed by atoms with Crippen LogP contribution in [0.5, 0.6) is 11.5 Å². The summed E-state index contributed by atoms with van der Waals surface area (Å²) < 4.78 is 17.7. The van der Waals surface area contributed by atoms with Crippen LogP contribution in [0.2, 0.25) is 0 Å². The van der Waals surface area contributed by atoms with Gasteiger partial charge < -0.3 is 28.8 Å². The van der Waals surface area contributed by atoms with E-state index in [1.807, 2.05) is 12.1 Å². The Kier molecular flexibility index (Phi) is 7.02. The summed E-state index contributed by atoms with van der Waals surface area (Å²) in [6, 6.07) is 8.93. The molecule has 1 aromatic carbocycles. The molecule has 0 amide bonds. The van der Waals surface area contributed by atoms with E-state index in [1.165, 1.54) is 6.20 Å². The van der Waals surface area contributed by atoms with Crippen LogP contribution in [0.3, 0.4) is 0 Å². The summed E-state index contributed by atoms with van der Waals surface area (Å²) in [6.45, 7) is 2.98. The average molecular weight is 468 g/mol. The minimum absolute atomic E-state index is 0.00870. The van der Waals surface area contributed by atoms with Crippen LogP contribution in [0.25, 0.3) is 11.0 Å². The predicted octanol–water partition coefficient (Wildman–Crippen LogP) is 2.60. The monoisotopic (exact) mass is 467 g/mol. The fraction of sp³-hybridized carbons (Fsp3) is 0.400. The second-order valence-electron chi connectivity index (χ2n) is 8.11. The minimum atomic E-state index is -0.672. The van der Waals surface area contributed by atoms with E-state index >= 15 is 0 Å². The molecule has 1 aliphatic rings. The van der Waals surface area contributed by atoms with Gasteiger partial charge in [0.25, 0.3) is 0 Å². The molecule has 0 bridgehead atoms. The Morgan fingerprint density at radius 2 is 2.03 bits per heavy atom. The van der Waals surface area contributed by atoms with Crippen molar-refractivity contribution in [1.29, 1.82) is 0 Å². The van der Waals surface area contributed by atoms with Gasteiger partial charge in [-0.05, 0) is 44.0 Å². The number of carbonyl (C=O) groups excluding carboxylic acids is 1. The lowest BCUT2D eigenvalue weighted by atomic mass is 10.1. The van der Waals surface area contributed by atoms with E-state index in [0.29, 0.717) is 34.9 Å². The van der Waals surface area contributed by atoms with E-state index in [-0.39, 0.29) is 24.8 Å². The molecule has 0 saturated carbocycles. The van der Waals surface area contributed by atoms with E-state index in [2.05, 4.69) is 4.90 Å². The van der Waals surface area contributed by atoms with Crippen LogP contribution in [0.4, 0.5) is 5.82 Å². The molecule has 180 valence electrons. The maximum absolute atomic E-state index is 13.2. The van der Waals surface area contributed by atoms with Crippen molar-refractivity contribution in [3.05, 3.63) is 57.9 Å². The Hall–Kier alpha value is -3.59. The van der Waals surface area contributed by atoms with Crippen molar-refractivity contribution in [1.82, 2.24) is 9.55 Å². The Labute approximate surface area is 197 Å². The van der Waals surface area contributed by atoms with Crippen molar-refractivity contribution < 1.29 is 24.1 Å². The first-order valence-corrected chi connectivity index (χ1v) is 11.3. The zero-order valence-corrected chi connectivity index (χ0v) is 19.6. The van der Waals surface area contributed by atoms with Gasteiger partial charge in [-0.2, -0.15) is 0 Å². The molecule has 34 heavy (non-hydrogen) atoms. The summed E-state index contributed by atoms with van der Waals surface area (Å²) in [4.78, 5) is 32.6. The van der Waals surface area contributed by atoms with Gasteiger partial charge in [-0.3, -0.25) is 4.79 Å². The molecule has 0 unspecified atom stereocenters. The third-order valence-corrected chi connectivity index (χ3v) is 6.12. The predicted molar refractivity (Wildman–Crippen MR) is 128 cm³/mol. The smallest absolute Gasteiger partial charge is 0.343 e. The normalized spacial score (nSPS) is 15.5. The molecule has 4 rings (SSSR count). The summed E-state index contributed by atoms with van der Waals surface area (Å²) in [7, 11) is 3.16. The maximum atomic E-state index is 13.2. The molecule has 3 heterocycles. The molecular formula is C25H29N3O6. The van der Waals surface area contributed by atoms with Crippen LogP contribution >= 0.6 is 0 Å². The number of aliphatic hydroxyl groups is 1. The summed E-state index contributed by atoms with van der Waals surface area (Å²) in [5.74, 6) is 1.28. The van der Waals surface area contributed by atoms with Crippen molar-refractivity contribution in [3.63, 3.8) is 0 Å². The van der Waals surface area contributed by atoms with E-state index in [4.69, 9.17) is 19.2 Å². The molecule has 1 saturated heterocycles. The average Bonchev–Trinajstić information content (AvgIpc) is 3.34. The zero-order chi connectivity index (χ0) is 24.2. The number of pyridine rings is 2. The summed E-state index contributed by atoms with van der Waals surface area (Å²) in [6.07, 6.45) is 3.34. The lowest BCUT2D eigenvalue weighted by Crippen LogP contribution is -2.33. The van der Waals surface area contributed by atoms with Crippen molar-refractivity contribution in [2.75, 3.05) is 38.9 Å². The number of benzene rings is 1. The Morgan fingerprint density at radius 3 is 2.74 bits per heavy atom. The van der Waals surface area contributed by atoms with Crippen molar-refractivity contribution in [2.45, 2.75) is 32.4 Å². The maximum Gasteiger partial charge on any atom is 0.343 e. The first-order valence-electron chi connectivity index (χ1n) is 11.3. The molecule has 0 aliphatic carbocycles. The van der Waals surface area contributed by atoms with Crippen molar-refractivity contribution in [2.24, 2.45) is 0 Å². The number of hydrogen-bond donors (Lipinski definition) is 1. The fourth-order valence-corrected chi connectivity index (χ4v) is 4.38. The van der Waals surface area contributed by atoms with E-state index in [9.17, 15) is 14.7 Å². The first kappa shape index (κ1) is 23.6. The highest BCUT2D eigenvalue weighted by Gasteiger charge is 2.26.